The number of fused-ring (bicyclic) bond motifs is 7. The molecule has 4 aliphatic heterocycles. The Morgan fingerprint density at radius 3 is 1.16 bits per heavy atom. The summed E-state index contributed by atoms with van der Waals surface area (Å²) in [4.78, 5) is 92.5. The number of likely N-dealkylation sites (N-methyl/N-ethyl adjacent to an activating group) is 4. The highest BCUT2D eigenvalue weighted by Crippen LogP contribution is 2.61. The normalized spacial score (nSPS) is 14.0. The zero-order valence-electron chi connectivity index (χ0n) is 73.8. The van der Waals surface area contributed by atoms with Gasteiger partial charge in [-0.15, -0.1) is 10.2 Å². The molecule has 0 radical (unpaired) electrons. The van der Waals surface area contributed by atoms with Crippen LogP contribution in [0.1, 0.15) is 34.6 Å². The summed E-state index contributed by atoms with van der Waals surface area (Å²) >= 11 is 65.1. The molecule has 12 aromatic rings. The molecule has 10 heterocycles. The molecule has 0 aliphatic carbocycles. The van der Waals surface area contributed by atoms with Gasteiger partial charge in [0.2, 0.25) is 5.65 Å². The molecule has 16 rings (SSSR count). The van der Waals surface area contributed by atoms with Crippen LogP contribution in [-0.4, -0.2) is 263 Å². The van der Waals surface area contributed by atoms with Crippen LogP contribution in [0.4, 0.5) is 61.0 Å². The number of hydrazine groups is 2. The van der Waals surface area contributed by atoms with E-state index in [0.29, 0.717) is 103 Å². The molecule has 4 saturated heterocycles. The SMILES string of the molecule is CCOC(=O)C(=O)OCC.CCOC(OCC)OCC.CN1CCN(c2nc3cc(F)c(Cl)cc3n3cnnc23)CC1.CN1CCN(c2nc3cc(F)c(Cl)cc3nc2Cl)CC1.CN1CCN(c2nc3cc(F)c(Cl)cc3nc2NN)CC1.CN1CCNCC1.Fc1cc2nc(Cl)c(Cl)nc2cc1Cl.NN.Nc1cc(F)c(Cl)cc1N.O=P(Cl)(Cl)Cl.O=c1[nH]c2cc(F)c(Cl)cc2[nH]c1=O. The van der Waals surface area contributed by atoms with Crippen molar-refractivity contribution >= 4 is 251 Å². The minimum atomic E-state index is -3.22. The highest BCUT2D eigenvalue weighted by atomic mass is 36.0. The molecule has 0 unspecified atom stereocenters. The van der Waals surface area contributed by atoms with Gasteiger partial charge in [0, 0.05) is 161 Å². The lowest BCUT2D eigenvalue weighted by Crippen LogP contribution is -2.45. The molecular weight excluding hydrogens is 2060 g/mol. The quantitative estimate of drug-likeness (QED) is 0.00801. The van der Waals surface area contributed by atoms with Crippen LogP contribution >= 0.6 is 143 Å². The van der Waals surface area contributed by atoms with Gasteiger partial charge in [-0.25, -0.2) is 76.7 Å². The molecule has 6 aromatic carbocycles. The van der Waals surface area contributed by atoms with Crippen molar-refractivity contribution in [2.24, 2.45) is 17.5 Å². The van der Waals surface area contributed by atoms with E-state index >= 15 is 0 Å². The van der Waals surface area contributed by atoms with E-state index in [1.54, 1.807) is 30.6 Å². The van der Waals surface area contributed by atoms with E-state index in [9.17, 15) is 50.1 Å². The number of nitrogens with one attached hydrogen (secondary N) is 4. The zero-order valence-corrected chi connectivity index (χ0v) is 83.7. The molecule has 6 aromatic heterocycles. The number of nitrogen functional groups attached to an aromatic ring is 3. The Bertz CT molecular complexity index is 5870. The Hall–Kier alpha value is -8.32. The van der Waals surface area contributed by atoms with Gasteiger partial charge in [0.15, 0.2) is 38.7 Å². The van der Waals surface area contributed by atoms with E-state index in [1.165, 1.54) is 61.6 Å². The first kappa shape index (κ1) is 115. The van der Waals surface area contributed by atoms with Crippen molar-refractivity contribution in [3.05, 3.63) is 180 Å². The van der Waals surface area contributed by atoms with E-state index in [4.69, 9.17) is 136 Å². The first-order valence-corrected chi connectivity index (χ1v) is 48.2. The van der Waals surface area contributed by atoms with Crippen LogP contribution < -0.4 is 65.6 Å². The predicted octanol–water partition coefficient (Wildman–Crippen LogP) is 15.1. The number of benzene rings is 6. The second-order valence-corrected chi connectivity index (χ2v) is 38.4. The highest BCUT2D eigenvalue weighted by Gasteiger charge is 2.26. The standard InChI is InChI=1S/C14H14ClFN6.C13H13Cl2FN4.C13H16ClFN6.C8H2Cl3FN2.C8H4ClFN2O2.C7H16O3.C6H6ClFN2.C6H10O4.C5H12N2.Cl3OP.H4N2/c1-20-2-4-21(5-3-20)13-14-19-17-8-22(14)12-6-9(15)10(16)7-11(12)18-13;1-19-2-4-20(5-3-19)13-12(15)17-10-6-8(14)9(16)7-11(10)18-13;1-20-2-4-21(5-3-20)13-12(19-16)17-10-6-8(14)9(15)7-11(10)18-13;9-3-1-5-6(2-4(3)12)14-8(11)7(10)13-5;9-3-1-5-6(2-4(3)10)12-8(14)7(13)11-5;1-4-8-7(9-5-2)10-6-3;7-3-1-5(9)6(10)2-4(3)8;1-3-9-5(7)6(8)10-4-2;1-7-4-2-6-3-5-7;1-5(2,3)4;1-2/h6-8H,2-5H2,1H3;6-7H,2-5H2,1H3;6-7H,2-5,16H2,1H3,(H,17,19);1-2H;1-2H,(H,11,13)(H,12,14);7H,4-6H2,1-3H3;1-2H,9-10H2;3-4H2,1-2H3;6H,2-5H2,1H3;;1-2H2. The maximum atomic E-state index is 13.8. The molecule has 0 bridgehead atoms. The second-order valence-electron chi connectivity index (χ2n) is 28.2. The summed E-state index contributed by atoms with van der Waals surface area (Å²) in [5.41, 5.74) is 17.1. The first-order chi connectivity index (χ1) is 64.0. The number of aromatic amines is 2. The number of esters is 2. The van der Waals surface area contributed by atoms with Crippen LogP contribution in [0.5, 0.6) is 0 Å². The van der Waals surface area contributed by atoms with Crippen LogP contribution in [0.3, 0.4) is 0 Å². The third-order valence-electron chi connectivity index (χ3n) is 18.6. The number of nitrogens with zero attached hydrogens (tertiary/aromatic N) is 17. The Morgan fingerprint density at radius 2 is 0.756 bits per heavy atom. The molecule has 738 valence electrons. The number of ether oxygens (including phenoxy) is 5. The second kappa shape index (κ2) is 57.3. The summed E-state index contributed by atoms with van der Waals surface area (Å²) in [5.74, 6) is 10.9. The van der Waals surface area contributed by atoms with Crippen LogP contribution in [-0.2, 0) is 37.8 Å². The first-order valence-electron chi connectivity index (χ1n) is 40.4. The third-order valence-corrected chi connectivity index (χ3v) is 21.2. The van der Waals surface area contributed by atoms with Gasteiger partial charge in [-0.3, -0.25) is 30.2 Å². The van der Waals surface area contributed by atoms with Crippen molar-refractivity contribution in [1.29, 1.82) is 0 Å². The predicted molar refractivity (Wildman–Crippen MR) is 525 cm³/mol. The Labute approximate surface area is 829 Å². The van der Waals surface area contributed by atoms with E-state index in [0.717, 1.165) is 116 Å². The zero-order chi connectivity index (χ0) is 100. The molecule has 0 amide bonds. The van der Waals surface area contributed by atoms with E-state index < -0.39 is 69.6 Å². The van der Waals surface area contributed by atoms with E-state index in [2.05, 4.69) is 183 Å². The molecule has 0 saturated carbocycles. The van der Waals surface area contributed by atoms with Gasteiger partial charge in [-0.05, 0) is 133 Å². The average molecular weight is 2150 g/mol. The van der Waals surface area contributed by atoms with Crippen molar-refractivity contribution in [2.45, 2.75) is 41.1 Å². The van der Waals surface area contributed by atoms with Crippen molar-refractivity contribution in [3.8, 4) is 0 Å². The summed E-state index contributed by atoms with van der Waals surface area (Å²) in [6.45, 7) is 26.1. The van der Waals surface area contributed by atoms with Crippen molar-refractivity contribution in [3.63, 3.8) is 0 Å². The van der Waals surface area contributed by atoms with Gasteiger partial charge in [0.1, 0.15) is 41.2 Å². The van der Waals surface area contributed by atoms with Crippen molar-refractivity contribution in [2.75, 3.05) is 198 Å². The highest BCUT2D eigenvalue weighted by molar-refractivity contribution is 8.24. The van der Waals surface area contributed by atoms with Crippen LogP contribution in [0.15, 0.2) is 88.7 Å². The summed E-state index contributed by atoms with van der Waals surface area (Å²) in [6.07, 6.45) is 1.60. The molecule has 14 N–H and O–H groups in total. The summed E-state index contributed by atoms with van der Waals surface area (Å²) in [7, 11) is 8.39. The van der Waals surface area contributed by atoms with Crippen molar-refractivity contribution in [1.82, 2.24) is 84.4 Å². The number of nitrogens with two attached hydrogens (primary N) is 5. The number of piperazine rings is 4. The maximum Gasteiger partial charge on any atom is 0.417 e. The Kier molecular flexibility index (Phi) is 49.0. The van der Waals surface area contributed by atoms with Crippen molar-refractivity contribution < 1.29 is 64.2 Å². The molecule has 0 spiro atoms. The average Bonchev–Trinajstić information content (AvgIpc) is 1.68. The Balaban J connectivity index is 0.000000236. The van der Waals surface area contributed by atoms with Gasteiger partial charge in [0.25, 0.3) is 6.48 Å². The van der Waals surface area contributed by atoms with Gasteiger partial charge < -0.3 is 90.2 Å². The number of rotatable bonds is 12. The van der Waals surface area contributed by atoms with Gasteiger partial charge in [-0.2, -0.15) is 0 Å². The molecule has 55 heteroatoms. The van der Waals surface area contributed by atoms with Gasteiger partial charge in [-0.1, -0.05) is 104 Å². The van der Waals surface area contributed by atoms with Gasteiger partial charge in [0.05, 0.1) is 110 Å². The topological polar surface area (TPSA) is 460 Å². The van der Waals surface area contributed by atoms with E-state index in [1.807, 2.05) is 20.8 Å². The maximum absolute atomic E-state index is 13.8. The monoisotopic (exact) mass is 2150 g/mol. The molecule has 36 nitrogen and oxygen atoms in total. The summed E-state index contributed by atoms with van der Waals surface area (Å²) < 4.78 is 115. The smallest absolute Gasteiger partial charge is 0.417 e. The van der Waals surface area contributed by atoms with Crippen LogP contribution in [0, 0.1) is 34.9 Å². The number of anilines is 6. The largest absolute Gasteiger partial charge is 0.458 e. The molecular formula is C80H97Cl12F6N26O10P. The van der Waals surface area contributed by atoms with Gasteiger partial charge >= 0.3 is 28.3 Å². The van der Waals surface area contributed by atoms with Crippen LogP contribution in [0.25, 0.3) is 60.8 Å². The molecule has 0 atom stereocenters. The fraction of sp³-hybridized carbons (Fsp3) is 0.388. The lowest BCUT2D eigenvalue weighted by molar-refractivity contribution is -0.282. The van der Waals surface area contributed by atoms with E-state index in [-0.39, 0.29) is 64.9 Å². The summed E-state index contributed by atoms with van der Waals surface area (Å²) in [5, 5.41) is 8.60. The lowest BCUT2D eigenvalue weighted by atomic mass is 10.2. The molecule has 4 fully saturated rings. The fourth-order valence-corrected chi connectivity index (χ4v) is 13.3. The number of carbonyl (C=O) groups excluding carboxylic acids is 2. The number of hydrogen-bond donors (Lipinski definition) is 9. The summed E-state index contributed by atoms with van der Waals surface area (Å²) in [6, 6.07) is 15.6. The third kappa shape index (κ3) is 36.8. The minimum Gasteiger partial charge on any atom is -0.458 e. The van der Waals surface area contributed by atoms with Crippen LogP contribution in [0.2, 0.25) is 45.6 Å². The number of carbonyl (C=O) groups is 2. The fourth-order valence-electron chi connectivity index (χ4n) is 11.8. The number of hydrogen-bond acceptors (Lipinski definition) is 33. The minimum absolute atomic E-state index is 0.00769. The lowest BCUT2D eigenvalue weighted by Gasteiger charge is -2.33. The molecule has 4 aliphatic rings. The number of aromatic nitrogens is 12. The Morgan fingerprint density at radius 1 is 0.430 bits per heavy atom. The number of halogens is 18. The molecule has 135 heavy (non-hydrogen) atoms. The number of H-pyrrole nitrogens is 2.